The molecule has 8 nitrogen and oxygen atoms in total. The predicted octanol–water partition coefficient (Wildman–Crippen LogP) is 2.59. The molecule has 1 aliphatic heterocycles. The normalized spacial score (nSPS) is 15.9. The van der Waals surface area contributed by atoms with Crippen LogP contribution < -0.4 is 15.4 Å². The monoisotopic (exact) mass is 419 g/mol. The molecule has 1 unspecified atom stereocenters. The van der Waals surface area contributed by atoms with E-state index in [-0.39, 0.29) is 22.7 Å². The zero-order valence-corrected chi connectivity index (χ0v) is 17.3. The van der Waals surface area contributed by atoms with Gasteiger partial charge in [-0.05, 0) is 17.7 Å². The SMILES string of the molecule is COC(=O)C1=C(C(=O)OC)N(c2cccc(OC)c2)C(N)=C(C#N)C1c1ccccc1. The average Bonchev–Trinajstić information content (AvgIpc) is 2.82. The van der Waals surface area contributed by atoms with E-state index in [0.717, 1.165) is 0 Å². The third-order valence-corrected chi connectivity index (χ3v) is 4.92. The number of carbonyl (C=O) groups excluding carboxylic acids is 2. The molecule has 1 atom stereocenters. The Balaban J connectivity index is 2.40. The van der Waals surface area contributed by atoms with E-state index in [4.69, 9.17) is 19.9 Å². The lowest BCUT2D eigenvalue weighted by Crippen LogP contribution is -2.40. The topological polar surface area (TPSA) is 115 Å². The molecule has 0 aromatic heterocycles. The number of hydrogen-bond acceptors (Lipinski definition) is 8. The van der Waals surface area contributed by atoms with Gasteiger partial charge in [0.2, 0.25) is 0 Å². The van der Waals surface area contributed by atoms with E-state index in [1.807, 2.05) is 0 Å². The van der Waals surface area contributed by atoms with Crippen molar-refractivity contribution in [3.05, 3.63) is 82.8 Å². The van der Waals surface area contributed by atoms with E-state index in [1.54, 1.807) is 54.6 Å². The van der Waals surface area contributed by atoms with Gasteiger partial charge in [0.25, 0.3) is 0 Å². The number of nitrogens with zero attached hydrogens (tertiary/aromatic N) is 2. The van der Waals surface area contributed by atoms with Crippen molar-refractivity contribution in [2.75, 3.05) is 26.2 Å². The summed E-state index contributed by atoms with van der Waals surface area (Å²) in [5.41, 5.74) is 7.36. The smallest absolute Gasteiger partial charge is 0.355 e. The van der Waals surface area contributed by atoms with Crippen LogP contribution in [0.3, 0.4) is 0 Å². The summed E-state index contributed by atoms with van der Waals surface area (Å²) in [6, 6.07) is 17.6. The second kappa shape index (κ2) is 9.05. The molecule has 0 bridgehead atoms. The van der Waals surface area contributed by atoms with Gasteiger partial charge >= 0.3 is 11.9 Å². The second-order valence-electron chi connectivity index (χ2n) is 6.54. The fourth-order valence-corrected chi connectivity index (χ4v) is 3.53. The van der Waals surface area contributed by atoms with Crippen LogP contribution in [-0.4, -0.2) is 33.3 Å². The van der Waals surface area contributed by atoms with Crippen molar-refractivity contribution in [2.45, 2.75) is 5.92 Å². The first-order chi connectivity index (χ1) is 15.0. The van der Waals surface area contributed by atoms with E-state index in [1.165, 1.54) is 26.2 Å². The highest BCUT2D eigenvalue weighted by atomic mass is 16.5. The molecule has 2 aromatic carbocycles. The van der Waals surface area contributed by atoms with Gasteiger partial charge in [-0.3, -0.25) is 4.90 Å². The van der Waals surface area contributed by atoms with E-state index < -0.39 is 17.9 Å². The lowest BCUT2D eigenvalue weighted by molar-refractivity contribution is -0.139. The Kier molecular flexibility index (Phi) is 6.26. The van der Waals surface area contributed by atoms with Gasteiger partial charge in [0, 0.05) is 6.07 Å². The van der Waals surface area contributed by atoms with Crippen LogP contribution >= 0.6 is 0 Å². The van der Waals surface area contributed by atoms with Crippen molar-refractivity contribution in [3.63, 3.8) is 0 Å². The van der Waals surface area contributed by atoms with Gasteiger partial charge < -0.3 is 19.9 Å². The molecule has 0 spiro atoms. The first kappa shape index (κ1) is 21.5. The molecule has 2 N–H and O–H groups in total. The van der Waals surface area contributed by atoms with Gasteiger partial charge in [0.1, 0.15) is 17.3 Å². The number of nitrogens with two attached hydrogens (primary N) is 1. The minimum atomic E-state index is -0.908. The Labute approximate surface area is 179 Å². The summed E-state index contributed by atoms with van der Waals surface area (Å²) in [4.78, 5) is 27.2. The maximum Gasteiger partial charge on any atom is 0.355 e. The maximum atomic E-state index is 12.9. The molecular weight excluding hydrogens is 398 g/mol. The molecule has 0 saturated heterocycles. The molecule has 0 radical (unpaired) electrons. The molecule has 3 rings (SSSR count). The third kappa shape index (κ3) is 3.81. The second-order valence-corrected chi connectivity index (χ2v) is 6.54. The number of nitriles is 1. The summed E-state index contributed by atoms with van der Waals surface area (Å²) < 4.78 is 15.3. The van der Waals surface area contributed by atoms with Gasteiger partial charge in [-0.25, -0.2) is 9.59 Å². The highest BCUT2D eigenvalue weighted by Gasteiger charge is 2.42. The predicted molar refractivity (Wildman–Crippen MR) is 113 cm³/mol. The largest absolute Gasteiger partial charge is 0.497 e. The van der Waals surface area contributed by atoms with Crippen molar-refractivity contribution in [2.24, 2.45) is 5.73 Å². The summed E-state index contributed by atoms with van der Waals surface area (Å²) in [5.74, 6) is -1.99. The summed E-state index contributed by atoms with van der Waals surface area (Å²) in [6.45, 7) is 0. The zero-order chi connectivity index (χ0) is 22.5. The number of esters is 2. The average molecular weight is 419 g/mol. The number of benzene rings is 2. The number of hydrogen-bond donors (Lipinski definition) is 1. The number of carbonyl (C=O) groups is 2. The molecule has 8 heteroatoms. The fourth-order valence-electron chi connectivity index (χ4n) is 3.53. The van der Waals surface area contributed by atoms with Crippen LogP contribution in [0.15, 0.2) is 77.3 Å². The lowest BCUT2D eigenvalue weighted by Gasteiger charge is -2.35. The molecule has 1 aliphatic rings. The van der Waals surface area contributed by atoms with E-state index in [0.29, 0.717) is 17.0 Å². The van der Waals surface area contributed by atoms with Crippen LogP contribution in [0.4, 0.5) is 5.69 Å². The minimum Gasteiger partial charge on any atom is -0.497 e. The number of allylic oxidation sites excluding steroid dienone is 1. The molecule has 2 aromatic rings. The Hall–Kier alpha value is -4.25. The molecule has 31 heavy (non-hydrogen) atoms. The summed E-state index contributed by atoms with van der Waals surface area (Å²) in [5, 5.41) is 9.98. The van der Waals surface area contributed by atoms with Crippen LogP contribution in [0.1, 0.15) is 11.5 Å². The molecule has 0 aliphatic carbocycles. The van der Waals surface area contributed by atoms with Crippen LogP contribution in [0.5, 0.6) is 5.75 Å². The number of methoxy groups -OCH3 is 3. The van der Waals surface area contributed by atoms with Crippen molar-refractivity contribution >= 4 is 17.6 Å². The van der Waals surface area contributed by atoms with Gasteiger partial charge in [0.15, 0.2) is 0 Å². The van der Waals surface area contributed by atoms with Crippen LogP contribution in [0.2, 0.25) is 0 Å². The van der Waals surface area contributed by atoms with Gasteiger partial charge in [0.05, 0.1) is 50.2 Å². The Morgan fingerprint density at radius 2 is 1.68 bits per heavy atom. The highest BCUT2D eigenvalue weighted by Crippen LogP contribution is 2.43. The van der Waals surface area contributed by atoms with Gasteiger partial charge in [-0.2, -0.15) is 5.26 Å². The van der Waals surface area contributed by atoms with Crippen molar-refractivity contribution in [3.8, 4) is 11.8 Å². The van der Waals surface area contributed by atoms with Crippen molar-refractivity contribution in [1.82, 2.24) is 0 Å². The Bertz CT molecular complexity index is 1120. The molecular formula is C23H21N3O5. The van der Waals surface area contributed by atoms with Crippen molar-refractivity contribution < 1.29 is 23.8 Å². The summed E-state index contributed by atoms with van der Waals surface area (Å²) >= 11 is 0. The quantitative estimate of drug-likeness (QED) is 0.736. The minimum absolute atomic E-state index is 0.00217. The molecule has 158 valence electrons. The standard InChI is InChI=1S/C23H21N3O5/c1-29-16-11-7-10-15(12-16)26-20(23(28)31-3)19(22(27)30-2)18(17(13-24)21(26)25)14-8-5-4-6-9-14/h4-12,18H,25H2,1-3H3. The number of rotatable bonds is 5. The highest BCUT2D eigenvalue weighted by molar-refractivity contribution is 6.06. The van der Waals surface area contributed by atoms with Gasteiger partial charge in [-0.15, -0.1) is 0 Å². The Morgan fingerprint density at radius 3 is 2.26 bits per heavy atom. The summed E-state index contributed by atoms with van der Waals surface area (Å²) in [7, 11) is 3.90. The van der Waals surface area contributed by atoms with Crippen LogP contribution in [0, 0.1) is 11.3 Å². The third-order valence-electron chi connectivity index (χ3n) is 4.92. The molecule has 0 amide bonds. The zero-order valence-electron chi connectivity index (χ0n) is 17.3. The molecule has 0 fully saturated rings. The van der Waals surface area contributed by atoms with Crippen molar-refractivity contribution in [1.29, 1.82) is 5.26 Å². The number of anilines is 1. The summed E-state index contributed by atoms with van der Waals surface area (Å²) in [6.07, 6.45) is 0. The fraction of sp³-hybridized carbons (Fsp3) is 0.174. The molecule has 1 heterocycles. The van der Waals surface area contributed by atoms with E-state index >= 15 is 0 Å². The van der Waals surface area contributed by atoms with Crippen LogP contribution in [-0.2, 0) is 19.1 Å². The number of ether oxygens (including phenoxy) is 3. The first-order valence-corrected chi connectivity index (χ1v) is 9.28. The maximum absolute atomic E-state index is 12.9. The van der Waals surface area contributed by atoms with E-state index in [2.05, 4.69) is 6.07 Å². The molecule has 0 saturated carbocycles. The van der Waals surface area contributed by atoms with Crippen LogP contribution in [0.25, 0.3) is 0 Å². The lowest BCUT2D eigenvalue weighted by atomic mass is 9.81. The Morgan fingerprint density at radius 1 is 1.00 bits per heavy atom. The van der Waals surface area contributed by atoms with E-state index in [9.17, 15) is 14.9 Å². The first-order valence-electron chi connectivity index (χ1n) is 9.28. The van der Waals surface area contributed by atoms with Gasteiger partial charge in [-0.1, -0.05) is 36.4 Å².